The van der Waals surface area contributed by atoms with Crippen molar-refractivity contribution in [2.75, 3.05) is 16.4 Å². The zero-order chi connectivity index (χ0) is 23.5. The van der Waals surface area contributed by atoms with Crippen LogP contribution in [0.1, 0.15) is 36.8 Å². The molecule has 0 atom stereocenters. The second-order valence-electron chi connectivity index (χ2n) is 8.88. The van der Waals surface area contributed by atoms with E-state index in [4.69, 9.17) is 21.4 Å². The third-order valence-electron chi connectivity index (χ3n) is 6.32. The summed E-state index contributed by atoms with van der Waals surface area (Å²) >= 11 is 2.30. The van der Waals surface area contributed by atoms with E-state index in [0.717, 1.165) is 51.7 Å². The topological polar surface area (TPSA) is 120 Å². The average Bonchev–Trinajstić information content (AvgIpc) is 3.24. The summed E-state index contributed by atoms with van der Waals surface area (Å²) in [6.45, 7) is 1.24. The van der Waals surface area contributed by atoms with Gasteiger partial charge in [-0.2, -0.15) is 9.97 Å². The minimum Gasteiger partial charge on any atom is -0.398 e. The van der Waals surface area contributed by atoms with Crippen LogP contribution in [0.2, 0.25) is 0 Å². The highest BCUT2D eigenvalue weighted by Gasteiger charge is 2.21. The van der Waals surface area contributed by atoms with Crippen molar-refractivity contribution in [3.8, 4) is 0 Å². The first kappa shape index (κ1) is 22.9. The monoisotopic (exact) mass is 568 g/mol. The summed E-state index contributed by atoms with van der Waals surface area (Å²) < 4.78 is 3.21. The summed E-state index contributed by atoms with van der Waals surface area (Å²) in [5, 5.41) is 7.01. The Balaban J connectivity index is 1.46. The summed E-state index contributed by atoms with van der Waals surface area (Å²) in [4.78, 5) is 14.4. The van der Waals surface area contributed by atoms with E-state index in [1.54, 1.807) is 0 Å². The average molecular weight is 568 g/mol. The Labute approximate surface area is 212 Å². The number of hydrogen-bond donors (Lipinski definition) is 4. The third kappa shape index (κ3) is 5.25. The Hall–Kier alpha value is -2.92. The summed E-state index contributed by atoms with van der Waals surface area (Å²) in [6.07, 6.45) is 5.91. The minimum atomic E-state index is 0.296. The van der Waals surface area contributed by atoms with Crippen LogP contribution < -0.4 is 22.1 Å². The van der Waals surface area contributed by atoms with Gasteiger partial charge in [-0.1, -0.05) is 30.3 Å². The van der Waals surface area contributed by atoms with Gasteiger partial charge in [0.1, 0.15) is 0 Å². The molecule has 1 aliphatic rings. The first-order valence-electron chi connectivity index (χ1n) is 11.6. The van der Waals surface area contributed by atoms with Crippen molar-refractivity contribution in [3.05, 3.63) is 69.6 Å². The molecule has 6 N–H and O–H groups in total. The maximum absolute atomic E-state index is 6.20. The molecule has 1 aliphatic carbocycles. The van der Waals surface area contributed by atoms with Gasteiger partial charge >= 0.3 is 0 Å². The Bertz CT molecular complexity index is 1260. The highest BCUT2D eigenvalue weighted by Crippen LogP contribution is 2.26. The number of nitrogens with two attached hydrogens (primary N) is 2. The van der Waals surface area contributed by atoms with Crippen molar-refractivity contribution in [2.45, 2.75) is 50.9 Å². The molecule has 0 saturated heterocycles. The summed E-state index contributed by atoms with van der Waals surface area (Å²) in [5.41, 5.74) is 16.8. The molecule has 4 aromatic rings. The number of nitrogens with one attached hydrogen (secondary N) is 2. The van der Waals surface area contributed by atoms with E-state index in [2.05, 4.69) is 61.0 Å². The van der Waals surface area contributed by atoms with E-state index in [1.165, 1.54) is 5.56 Å². The second-order valence-corrected chi connectivity index (χ2v) is 10.1. The molecule has 2 heterocycles. The molecule has 0 aliphatic heterocycles. The van der Waals surface area contributed by atoms with Gasteiger partial charge in [-0.3, -0.25) is 0 Å². The van der Waals surface area contributed by atoms with Crippen LogP contribution in [0.25, 0.3) is 11.2 Å². The number of anilines is 3. The third-order valence-corrected chi connectivity index (χ3v) is 6.99. The molecule has 2 aromatic heterocycles. The Morgan fingerprint density at radius 3 is 2.62 bits per heavy atom. The van der Waals surface area contributed by atoms with Gasteiger partial charge in [-0.05, 0) is 77.6 Å². The predicted octanol–water partition coefficient (Wildman–Crippen LogP) is 4.36. The highest BCUT2D eigenvalue weighted by molar-refractivity contribution is 14.1. The van der Waals surface area contributed by atoms with Crippen LogP contribution >= 0.6 is 22.6 Å². The molecule has 1 saturated carbocycles. The van der Waals surface area contributed by atoms with Crippen molar-refractivity contribution in [3.63, 3.8) is 0 Å². The minimum absolute atomic E-state index is 0.296. The predicted molar refractivity (Wildman–Crippen MR) is 146 cm³/mol. The highest BCUT2D eigenvalue weighted by atomic mass is 127. The number of nitrogen functional groups attached to an aromatic ring is 1. The van der Waals surface area contributed by atoms with Crippen molar-refractivity contribution in [1.29, 1.82) is 0 Å². The fraction of sp³-hybridized carbons (Fsp3) is 0.320. The van der Waals surface area contributed by atoms with E-state index in [-0.39, 0.29) is 0 Å². The van der Waals surface area contributed by atoms with E-state index in [1.807, 2.05) is 36.7 Å². The molecule has 0 amide bonds. The Kier molecular flexibility index (Phi) is 6.82. The molecule has 8 nitrogen and oxygen atoms in total. The number of benzene rings is 2. The fourth-order valence-electron chi connectivity index (χ4n) is 4.38. The van der Waals surface area contributed by atoms with Gasteiger partial charge in [0.15, 0.2) is 17.0 Å². The molecule has 2 aromatic carbocycles. The number of rotatable bonds is 7. The van der Waals surface area contributed by atoms with Crippen LogP contribution in [0.3, 0.4) is 0 Å². The number of nitrogens with zero attached hydrogens (tertiary/aromatic N) is 4. The molecule has 0 unspecified atom stereocenters. The van der Waals surface area contributed by atoms with Gasteiger partial charge in [0.2, 0.25) is 5.95 Å². The second kappa shape index (κ2) is 10.1. The molecule has 34 heavy (non-hydrogen) atoms. The lowest BCUT2D eigenvalue weighted by molar-refractivity contribution is 0.410. The lowest BCUT2D eigenvalue weighted by Crippen LogP contribution is -2.33. The number of hydrogen-bond acceptors (Lipinski definition) is 7. The van der Waals surface area contributed by atoms with Crippen LogP contribution in [-0.4, -0.2) is 31.6 Å². The normalized spacial score (nSPS) is 18.2. The van der Waals surface area contributed by atoms with Gasteiger partial charge in [-0.25, -0.2) is 4.98 Å². The van der Waals surface area contributed by atoms with Gasteiger partial charge in [0, 0.05) is 27.9 Å². The van der Waals surface area contributed by atoms with Crippen molar-refractivity contribution < 1.29 is 0 Å². The smallest absolute Gasteiger partial charge is 0.227 e. The van der Waals surface area contributed by atoms with E-state index >= 15 is 0 Å². The van der Waals surface area contributed by atoms with Gasteiger partial charge < -0.3 is 26.7 Å². The van der Waals surface area contributed by atoms with E-state index in [0.29, 0.717) is 36.9 Å². The standard InChI is InChI=1S/C25H29IN8/c26-18-6-11-21(28)17(12-18)13-29-23-22-24(34(15-30-22)14-16-4-2-1-3-5-16)33-25(32-23)31-20-9-7-19(27)8-10-20/h1-6,11-12,15,19-20H,7-10,13-14,27-28H2,(H2,29,31,32,33). The van der Waals surface area contributed by atoms with Crippen LogP contribution in [-0.2, 0) is 13.1 Å². The van der Waals surface area contributed by atoms with E-state index in [9.17, 15) is 0 Å². The van der Waals surface area contributed by atoms with Crippen LogP contribution in [0.5, 0.6) is 0 Å². The van der Waals surface area contributed by atoms with E-state index < -0.39 is 0 Å². The van der Waals surface area contributed by atoms with Crippen LogP contribution in [0.15, 0.2) is 54.9 Å². The number of fused-ring (bicyclic) bond motifs is 1. The lowest BCUT2D eigenvalue weighted by atomic mass is 9.92. The first-order chi connectivity index (χ1) is 16.5. The van der Waals surface area contributed by atoms with Gasteiger partial charge in [0.05, 0.1) is 12.9 Å². The quantitative estimate of drug-likeness (QED) is 0.193. The molecule has 9 heteroatoms. The summed E-state index contributed by atoms with van der Waals surface area (Å²) in [6, 6.07) is 17.0. The molecular weight excluding hydrogens is 539 g/mol. The maximum atomic E-state index is 6.20. The Morgan fingerprint density at radius 1 is 1.03 bits per heavy atom. The zero-order valence-electron chi connectivity index (χ0n) is 18.9. The fourth-order valence-corrected chi connectivity index (χ4v) is 4.94. The Morgan fingerprint density at radius 2 is 1.82 bits per heavy atom. The van der Waals surface area contributed by atoms with Crippen molar-refractivity contribution >= 4 is 51.2 Å². The molecule has 176 valence electrons. The summed E-state index contributed by atoms with van der Waals surface area (Å²) in [5.74, 6) is 1.31. The van der Waals surface area contributed by atoms with Gasteiger partial charge in [0.25, 0.3) is 0 Å². The van der Waals surface area contributed by atoms with Crippen molar-refractivity contribution in [1.82, 2.24) is 19.5 Å². The largest absolute Gasteiger partial charge is 0.398 e. The summed E-state index contributed by atoms with van der Waals surface area (Å²) in [7, 11) is 0. The molecular formula is C25H29IN8. The maximum Gasteiger partial charge on any atom is 0.227 e. The molecule has 1 fully saturated rings. The molecule has 0 radical (unpaired) electrons. The number of aromatic nitrogens is 4. The number of imidazole rings is 1. The zero-order valence-corrected chi connectivity index (χ0v) is 21.1. The first-order valence-corrected chi connectivity index (χ1v) is 12.7. The SMILES string of the molecule is Nc1ccc(I)cc1CNc1nc(NC2CCC(N)CC2)nc2c1ncn2Cc1ccccc1. The molecule has 0 bridgehead atoms. The van der Waals surface area contributed by atoms with Crippen molar-refractivity contribution in [2.24, 2.45) is 5.73 Å². The van der Waals surface area contributed by atoms with Crippen LogP contribution in [0, 0.1) is 3.57 Å². The lowest BCUT2D eigenvalue weighted by Gasteiger charge is -2.26. The number of halogens is 1. The van der Waals surface area contributed by atoms with Crippen LogP contribution in [0.4, 0.5) is 17.5 Å². The molecule has 0 spiro atoms. The molecule has 5 rings (SSSR count). The van der Waals surface area contributed by atoms with Gasteiger partial charge in [-0.15, -0.1) is 0 Å².